The summed E-state index contributed by atoms with van der Waals surface area (Å²) in [4.78, 5) is 14.9. The minimum Gasteiger partial charge on any atom is -0.334 e. The van der Waals surface area contributed by atoms with E-state index in [1.54, 1.807) is 0 Å². The van der Waals surface area contributed by atoms with Crippen molar-refractivity contribution < 1.29 is 4.79 Å². The van der Waals surface area contributed by atoms with Gasteiger partial charge in [-0.1, -0.05) is 30.3 Å². The van der Waals surface area contributed by atoms with E-state index in [0.29, 0.717) is 17.5 Å². The number of nitrogens with one attached hydrogen (secondary N) is 2. The monoisotopic (exact) mass is 324 g/mol. The van der Waals surface area contributed by atoms with Crippen LogP contribution < -0.4 is 5.32 Å². The fourth-order valence-electron chi connectivity index (χ4n) is 4.00. The molecule has 0 bridgehead atoms. The topological polar surface area (TPSA) is 61.0 Å². The number of aromatic nitrogens is 2. The molecular weight excluding hydrogens is 300 g/mol. The summed E-state index contributed by atoms with van der Waals surface area (Å²) in [5.41, 5.74) is 2.95. The Labute approximate surface area is 142 Å². The molecule has 0 saturated carbocycles. The third-order valence-corrected chi connectivity index (χ3v) is 5.42. The number of likely N-dealkylation sites (tertiary alicyclic amines) is 1. The van der Waals surface area contributed by atoms with E-state index in [2.05, 4.69) is 46.7 Å². The average Bonchev–Trinajstić information content (AvgIpc) is 3.35. The molecule has 0 aliphatic carbocycles. The first-order chi connectivity index (χ1) is 11.7. The van der Waals surface area contributed by atoms with Crippen molar-refractivity contribution in [1.29, 1.82) is 0 Å². The highest BCUT2D eigenvalue weighted by Gasteiger charge is 2.34. The summed E-state index contributed by atoms with van der Waals surface area (Å²) >= 11 is 0. The third kappa shape index (κ3) is 2.84. The summed E-state index contributed by atoms with van der Waals surface area (Å²) in [6, 6.07) is 12.7. The molecule has 2 aromatic rings. The van der Waals surface area contributed by atoms with Gasteiger partial charge in [-0.05, 0) is 37.9 Å². The molecule has 2 aliphatic heterocycles. The lowest BCUT2D eigenvalue weighted by atomic mass is 9.97. The van der Waals surface area contributed by atoms with Gasteiger partial charge >= 0.3 is 0 Å². The summed E-state index contributed by atoms with van der Waals surface area (Å²) < 4.78 is 0. The molecule has 4 rings (SSSR count). The first kappa shape index (κ1) is 15.4. The van der Waals surface area contributed by atoms with E-state index in [4.69, 9.17) is 0 Å². The fourth-order valence-corrected chi connectivity index (χ4v) is 4.00. The molecule has 2 N–H and O–H groups in total. The molecule has 3 heterocycles. The molecular formula is C19H24N4O. The van der Waals surface area contributed by atoms with Gasteiger partial charge in [-0.25, -0.2) is 0 Å². The van der Waals surface area contributed by atoms with Gasteiger partial charge in [0.2, 0.25) is 0 Å². The number of carbonyl (C=O) groups excluding carboxylic acids is 1. The van der Waals surface area contributed by atoms with Crippen LogP contribution in [-0.2, 0) is 0 Å². The van der Waals surface area contributed by atoms with Crippen LogP contribution in [0.2, 0.25) is 0 Å². The number of H-pyrrole nitrogens is 1. The number of benzene rings is 1. The van der Waals surface area contributed by atoms with Gasteiger partial charge in [0.15, 0.2) is 0 Å². The van der Waals surface area contributed by atoms with Crippen LogP contribution in [0.25, 0.3) is 0 Å². The predicted octanol–water partition coefficient (Wildman–Crippen LogP) is 2.50. The van der Waals surface area contributed by atoms with Crippen LogP contribution >= 0.6 is 0 Å². The van der Waals surface area contributed by atoms with Gasteiger partial charge in [-0.3, -0.25) is 9.89 Å². The smallest absolute Gasteiger partial charge is 0.274 e. The fraction of sp³-hybridized carbons (Fsp3) is 0.474. The van der Waals surface area contributed by atoms with E-state index >= 15 is 0 Å². The van der Waals surface area contributed by atoms with E-state index in [-0.39, 0.29) is 11.9 Å². The zero-order valence-corrected chi connectivity index (χ0v) is 14.0. The van der Waals surface area contributed by atoms with Crippen molar-refractivity contribution in [3.8, 4) is 0 Å². The predicted molar refractivity (Wildman–Crippen MR) is 93.1 cm³/mol. The molecule has 5 heteroatoms. The summed E-state index contributed by atoms with van der Waals surface area (Å²) in [7, 11) is 0. The van der Waals surface area contributed by atoms with Crippen molar-refractivity contribution in [2.24, 2.45) is 0 Å². The highest BCUT2D eigenvalue weighted by Crippen LogP contribution is 2.32. The van der Waals surface area contributed by atoms with Gasteiger partial charge < -0.3 is 10.2 Å². The summed E-state index contributed by atoms with van der Waals surface area (Å²) in [5.74, 6) is 0.920. The zero-order valence-electron chi connectivity index (χ0n) is 14.0. The van der Waals surface area contributed by atoms with Crippen LogP contribution in [0.4, 0.5) is 0 Å². The van der Waals surface area contributed by atoms with E-state index in [1.165, 1.54) is 5.56 Å². The second kappa shape index (κ2) is 6.40. The maximum Gasteiger partial charge on any atom is 0.274 e. The van der Waals surface area contributed by atoms with Crippen molar-refractivity contribution in [2.75, 3.05) is 19.6 Å². The van der Waals surface area contributed by atoms with Crippen molar-refractivity contribution in [3.63, 3.8) is 0 Å². The van der Waals surface area contributed by atoms with Crippen molar-refractivity contribution in [3.05, 3.63) is 53.3 Å². The summed E-state index contributed by atoms with van der Waals surface area (Å²) in [6.07, 6.45) is 2.12. The average molecular weight is 324 g/mol. The Bertz CT molecular complexity index is 705. The number of amides is 1. The quantitative estimate of drug-likeness (QED) is 0.912. The summed E-state index contributed by atoms with van der Waals surface area (Å²) in [6.45, 7) is 4.91. The standard InChI is InChI=1S/C19H24N4O/c1-13-9-16(14-5-3-2-4-6-14)12-23(13)19(24)18-10-17(21-22-18)15-7-8-20-11-15/h2-6,10,13,15-16,20H,7-9,11-12H2,1H3,(H,21,22). The van der Waals surface area contributed by atoms with Crippen molar-refractivity contribution in [2.45, 2.75) is 37.6 Å². The Morgan fingerprint density at radius 3 is 2.83 bits per heavy atom. The number of hydrogen-bond acceptors (Lipinski definition) is 3. The largest absolute Gasteiger partial charge is 0.334 e. The molecule has 0 radical (unpaired) electrons. The van der Waals surface area contributed by atoms with Crippen molar-refractivity contribution in [1.82, 2.24) is 20.4 Å². The lowest BCUT2D eigenvalue weighted by molar-refractivity contribution is 0.0740. The molecule has 1 amide bonds. The number of hydrogen-bond donors (Lipinski definition) is 2. The highest BCUT2D eigenvalue weighted by molar-refractivity contribution is 5.93. The SMILES string of the molecule is CC1CC(c2ccccc2)CN1C(=O)c1cc(C2CCNC2)[nH]n1. The van der Waals surface area contributed by atoms with Gasteiger partial charge in [0.1, 0.15) is 5.69 Å². The number of nitrogens with zero attached hydrogens (tertiary/aromatic N) is 2. The van der Waals surface area contributed by atoms with E-state index in [1.807, 2.05) is 17.0 Å². The molecule has 2 saturated heterocycles. The molecule has 0 spiro atoms. The van der Waals surface area contributed by atoms with Gasteiger partial charge in [0, 0.05) is 36.7 Å². The minimum absolute atomic E-state index is 0.0504. The maximum atomic E-state index is 12.9. The van der Waals surface area contributed by atoms with Crippen LogP contribution in [0.1, 0.15) is 53.3 Å². The normalized spacial score (nSPS) is 26.9. The van der Waals surface area contributed by atoms with Crippen LogP contribution in [0, 0.1) is 0 Å². The summed E-state index contributed by atoms with van der Waals surface area (Å²) in [5, 5.41) is 10.7. The third-order valence-electron chi connectivity index (χ3n) is 5.42. The molecule has 3 atom stereocenters. The number of carbonyl (C=O) groups is 1. The zero-order chi connectivity index (χ0) is 16.5. The number of rotatable bonds is 3. The molecule has 24 heavy (non-hydrogen) atoms. The second-order valence-electron chi connectivity index (χ2n) is 7.05. The van der Waals surface area contributed by atoms with Gasteiger partial charge in [-0.15, -0.1) is 0 Å². The van der Waals surface area contributed by atoms with Crippen LogP contribution in [-0.4, -0.2) is 46.7 Å². The van der Waals surface area contributed by atoms with Crippen molar-refractivity contribution >= 4 is 5.91 Å². The first-order valence-electron chi connectivity index (χ1n) is 8.84. The van der Waals surface area contributed by atoms with Crippen LogP contribution in [0.3, 0.4) is 0 Å². The van der Waals surface area contributed by atoms with E-state index in [0.717, 1.165) is 38.2 Å². The van der Waals surface area contributed by atoms with Crippen LogP contribution in [0.15, 0.2) is 36.4 Å². The molecule has 5 nitrogen and oxygen atoms in total. The van der Waals surface area contributed by atoms with Gasteiger partial charge in [0.05, 0.1) is 0 Å². The molecule has 1 aromatic carbocycles. The molecule has 2 fully saturated rings. The van der Waals surface area contributed by atoms with E-state index < -0.39 is 0 Å². The van der Waals surface area contributed by atoms with Gasteiger partial charge in [0.25, 0.3) is 5.91 Å². The lowest BCUT2D eigenvalue weighted by Crippen LogP contribution is -2.34. The lowest BCUT2D eigenvalue weighted by Gasteiger charge is -2.20. The van der Waals surface area contributed by atoms with Gasteiger partial charge in [-0.2, -0.15) is 5.10 Å². The first-order valence-corrected chi connectivity index (χ1v) is 8.84. The molecule has 1 aromatic heterocycles. The van der Waals surface area contributed by atoms with E-state index in [9.17, 15) is 4.79 Å². The highest BCUT2D eigenvalue weighted by atomic mass is 16.2. The Kier molecular flexibility index (Phi) is 4.10. The molecule has 2 aliphatic rings. The molecule has 126 valence electrons. The Morgan fingerprint density at radius 2 is 2.08 bits per heavy atom. The Morgan fingerprint density at radius 1 is 1.25 bits per heavy atom. The minimum atomic E-state index is 0.0504. The van der Waals surface area contributed by atoms with Crippen LogP contribution in [0.5, 0.6) is 0 Å². The second-order valence-corrected chi connectivity index (χ2v) is 7.05. The maximum absolute atomic E-state index is 12.9. The Hall–Kier alpha value is -2.14. The number of aromatic amines is 1. The Balaban J connectivity index is 1.48. The molecule has 3 unspecified atom stereocenters.